The van der Waals surface area contributed by atoms with Crippen LogP contribution in [0.2, 0.25) is 0 Å². The van der Waals surface area contributed by atoms with Gasteiger partial charge in [0.2, 0.25) is 0 Å². The van der Waals surface area contributed by atoms with Gasteiger partial charge in [-0.05, 0) is 18.4 Å². The molecule has 0 saturated carbocycles. The maximum atomic E-state index is 9.67. The van der Waals surface area contributed by atoms with Crippen LogP contribution < -0.4 is 15.2 Å². The fraction of sp³-hybridized carbons (Fsp3) is 0.333. The molecule has 2 N–H and O–H groups in total. The summed E-state index contributed by atoms with van der Waals surface area (Å²) in [5.41, 5.74) is 9.62. The van der Waals surface area contributed by atoms with Crippen LogP contribution in [0.25, 0.3) is 11.1 Å². The Bertz CT molecular complexity index is 862. The molecule has 3 rings (SSSR count). The second-order valence-electron chi connectivity index (χ2n) is 5.49. The van der Waals surface area contributed by atoms with Crippen LogP contribution in [0, 0.1) is 11.3 Å². The Labute approximate surface area is 150 Å². The maximum absolute atomic E-state index is 9.67. The van der Waals surface area contributed by atoms with Gasteiger partial charge in [0.1, 0.15) is 28.9 Å². The van der Waals surface area contributed by atoms with Gasteiger partial charge in [-0.15, -0.1) is 11.8 Å². The van der Waals surface area contributed by atoms with Crippen molar-refractivity contribution in [2.75, 3.05) is 32.8 Å². The predicted molar refractivity (Wildman–Crippen MR) is 97.0 cm³/mol. The summed E-state index contributed by atoms with van der Waals surface area (Å²) in [7, 11) is 3.23. The highest BCUT2D eigenvalue weighted by Crippen LogP contribution is 2.44. The van der Waals surface area contributed by atoms with E-state index in [4.69, 9.17) is 19.9 Å². The van der Waals surface area contributed by atoms with E-state index in [-0.39, 0.29) is 5.82 Å². The second kappa shape index (κ2) is 7.21. The van der Waals surface area contributed by atoms with Crippen LogP contribution in [-0.2, 0) is 17.8 Å². The predicted octanol–water partition coefficient (Wildman–Crippen LogP) is 3.01. The highest BCUT2D eigenvalue weighted by Gasteiger charge is 2.25. The molecule has 0 saturated heterocycles. The summed E-state index contributed by atoms with van der Waals surface area (Å²) in [5, 5.41) is 9.67. The zero-order valence-corrected chi connectivity index (χ0v) is 15.2. The van der Waals surface area contributed by atoms with Crippen molar-refractivity contribution in [3.05, 3.63) is 29.0 Å². The Morgan fingerprint density at radius 3 is 2.68 bits per heavy atom. The normalized spacial score (nSPS) is 13.0. The molecule has 0 amide bonds. The van der Waals surface area contributed by atoms with Crippen LogP contribution in [0.3, 0.4) is 0 Å². The number of anilines is 1. The summed E-state index contributed by atoms with van der Waals surface area (Å²) in [4.78, 5) is 5.35. The molecule has 0 fully saturated rings. The first kappa shape index (κ1) is 17.4. The van der Waals surface area contributed by atoms with Crippen LogP contribution in [0.1, 0.15) is 16.8 Å². The number of hydrogen-bond donors (Lipinski definition) is 1. The average Bonchev–Trinajstić information content (AvgIpc) is 2.65. The van der Waals surface area contributed by atoms with Gasteiger partial charge in [-0.25, -0.2) is 4.98 Å². The third-order valence-corrected chi connectivity index (χ3v) is 4.99. The van der Waals surface area contributed by atoms with E-state index in [1.54, 1.807) is 26.0 Å². The van der Waals surface area contributed by atoms with Gasteiger partial charge in [0.05, 0.1) is 38.0 Å². The second-order valence-corrected chi connectivity index (χ2v) is 6.34. The van der Waals surface area contributed by atoms with Crippen molar-refractivity contribution in [1.29, 1.82) is 5.26 Å². The molecule has 25 heavy (non-hydrogen) atoms. The van der Waals surface area contributed by atoms with Crippen LogP contribution in [0.5, 0.6) is 11.5 Å². The van der Waals surface area contributed by atoms with Gasteiger partial charge in [-0.2, -0.15) is 5.26 Å². The number of rotatable bonds is 4. The Morgan fingerprint density at radius 1 is 1.28 bits per heavy atom. The minimum Gasteiger partial charge on any atom is -0.496 e. The van der Waals surface area contributed by atoms with E-state index in [1.165, 1.54) is 0 Å². The zero-order chi connectivity index (χ0) is 18.0. The highest BCUT2D eigenvalue weighted by atomic mass is 32.2. The number of nitriles is 1. The Hall–Kier alpha value is -2.43. The Kier molecular flexibility index (Phi) is 5.02. The average molecular weight is 357 g/mol. The molecule has 2 aromatic rings. The number of hydrogen-bond acceptors (Lipinski definition) is 7. The SMILES string of the molecule is COc1cc(-c2c(C#N)c(N)nc3c2COCC3)c(OC)cc1SC. The van der Waals surface area contributed by atoms with E-state index in [9.17, 15) is 5.26 Å². The molecule has 0 bridgehead atoms. The van der Waals surface area contributed by atoms with Crippen LogP contribution in [0.4, 0.5) is 5.82 Å². The van der Waals surface area contributed by atoms with Crippen LogP contribution in [-0.4, -0.2) is 32.1 Å². The van der Waals surface area contributed by atoms with Gasteiger partial charge in [0.15, 0.2) is 0 Å². The Morgan fingerprint density at radius 2 is 2.04 bits per heavy atom. The number of pyridine rings is 1. The summed E-state index contributed by atoms with van der Waals surface area (Å²) in [6.45, 7) is 0.985. The van der Waals surface area contributed by atoms with Gasteiger partial charge in [-0.1, -0.05) is 0 Å². The topological polar surface area (TPSA) is 90.4 Å². The van der Waals surface area contributed by atoms with Gasteiger partial charge >= 0.3 is 0 Å². The van der Waals surface area contributed by atoms with E-state index in [2.05, 4.69) is 11.1 Å². The first-order valence-electron chi connectivity index (χ1n) is 7.74. The number of fused-ring (bicyclic) bond motifs is 1. The molecule has 6 nitrogen and oxygen atoms in total. The number of nitrogen functional groups attached to an aromatic ring is 1. The lowest BCUT2D eigenvalue weighted by molar-refractivity contribution is 0.109. The summed E-state index contributed by atoms with van der Waals surface area (Å²) in [6.07, 6.45) is 2.64. The van der Waals surface area contributed by atoms with E-state index < -0.39 is 0 Å². The van der Waals surface area contributed by atoms with Gasteiger partial charge in [0.25, 0.3) is 0 Å². The lowest BCUT2D eigenvalue weighted by Crippen LogP contribution is -2.16. The summed E-state index contributed by atoms with van der Waals surface area (Å²) in [5.74, 6) is 1.60. The standard InChI is InChI=1S/C18H19N3O3S/c1-22-14-7-16(25-3)15(23-2)6-10(14)17-11(8-19)18(20)21-13-4-5-24-9-12(13)17/h6-7H,4-5,9H2,1-3H3,(H2,20,21). The third-order valence-electron chi connectivity index (χ3n) is 4.23. The van der Waals surface area contributed by atoms with E-state index in [1.807, 2.05) is 18.4 Å². The molecule has 1 aromatic carbocycles. The molecule has 0 unspecified atom stereocenters. The molecule has 0 radical (unpaired) electrons. The van der Waals surface area contributed by atoms with Crippen LogP contribution in [0.15, 0.2) is 17.0 Å². The summed E-state index contributed by atoms with van der Waals surface area (Å²) in [6, 6.07) is 5.98. The minimum atomic E-state index is 0.230. The molecular weight excluding hydrogens is 338 g/mol. The van der Waals surface area contributed by atoms with Gasteiger partial charge in [-0.3, -0.25) is 0 Å². The Balaban J connectivity index is 2.36. The molecule has 0 aliphatic carbocycles. The number of nitrogens with zero attached hydrogens (tertiary/aromatic N) is 2. The lowest BCUT2D eigenvalue weighted by atomic mass is 9.92. The first-order chi connectivity index (χ1) is 12.1. The van der Waals surface area contributed by atoms with Crippen molar-refractivity contribution in [3.63, 3.8) is 0 Å². The van der Waals surface area contributed by atoms with E-state index >= 15 is 0 Å². The molecule has 130 valence electrons. The van der Waals surface area contributed by atoms with Crippen LogP contribution >= 0.6 is 11.8 Å². The van der Waals surface area contributed by atoms with Crippen molar-refractivity contribution in [3.8, 4) is 28.7 Å². The van der Waals surface area contributed by atoms with Gasteiger partial charge < -0.3 is 19.9 Å². The molecular formula is C18H19N3O3S. The molecule has 0 atom stereocenters. The number of aromatic nitrogens is 1. The van der Waals surface area contributed by atoms with Crippen molar-refractivity contribution >= 4 is 17.6 Å². The van der Waals surface area contributed by atoms with E-state index in [0.29, 0.717) is 42.3 Å². The minimum absolute atomic E-state index is 0.230. The smallest absolute Gasteiger partial charge is 0.142 e. The van der Waals surface area contributed by atoms with Crippen molar-refractivity contribution in [1.82, 2.24) is 4.98 Å². The molecule has 1 aromatic heterocycles. The fourth-order valence-corrected chi connectivity index (χ4v) is 3.60. The molecule has 1 aliphatic heterocycles. The number of nitrogens with two attached hydrogens (primary N) is 1. The van der Waals surface area contributed by atoms with Crippen molar-refractivity contribution in [2.24, 2.45) is 0 Å². The number of thioether (sulfide) groups is 1. The number of ether oxygens (including phenoxy) is 3. The number of methoxy groups -OCH3 is 2. The first-order valence-corrected chi connectivity index (χ1v) is 8.96. The molecule has 2 heterocycles. The molecule has 7 heteroatoms. The lowest BCUT2D eigenvalue weighted by Gasteiger charge is -2.23. The van der Waals surface area contributed by atoms with Crippen molar-refractivity contribution < 1.29 is 14.2 Å². The van der Waals surface area contributed by atoms with E-state index in [0.717, 1.165) is 21.7 Å². The fourth-order valence-electron chi connectivity index (χ4n) is 3.03. The third kappa shape index (κ3) is 2.99. The summed E-state index contributed by atoms with van der Waals surface area (Å²) >= 11 is 1.56. The monoisotopic (exact) mass is 357 g/mol. The number of benzene rings is 1. The summed E-state index contributed by atoms with van der Waals surface area (Å²) < 4.78 is 16.7. The highest BCUT2D eigenvalue weighted by molar-refractivity contribution is 7.98. The molecule has 1 aliphatic rings. The zero-order valence-electron chi connectivity index (χ0n) is 14.4. The van der Waals surface area contributed by atoms with Gasteiger partial charge in [0, 0.05) is 23.1 Å². The quantitative estimate of drug-likeness (QED) is 0.841. The van der Waals surface area contributed by atoms with Crippen molar-refractivity contribution in [2.45, 2.75) is 17.9 Å². The maximum Gasteiger partial charge on any atom is 0.142 e. The molecule has 0 spiro atoms. The largest absolute Gasteiger partial charge is 0.496 e.